The zero-order chi connectivity index (χ0) is 16.2. The molecule has 0 spiro atoms. The van der Waals surface area contributed by atoms with Gasteiger partial charge in [-0.05, 0) is 55.7 Å². The fourth-order valence-electron chi connectivity index (χ4n) is 2.28. The van der Waals surface area contributed by atoms with Crippen LogP contribution >= 0.6 is 0 Å². The molecule has 0 unspecified atom stereocenters. The molecule has 0 aliphatic rings. The molecule has 1 aromatic heterocycles. The van der Waals surface area contributed by atoms with E-state index in [1.54, 1.807) is 32.4 Å². The van der Waals surface area contributed by atoms with Gasteiger partial charge in [-0.15, -0.1) is 0 Å². The quantitative estimate of drug-likeness (QED) is 0.796. The predicted molar refractivity (Wildman–Crippen MR) is 84.7 cm³/mol. The molecule has 5 nitrogen and oxygen atoms in total. The Labute approximate surface area is 131 Å². The van der Waals surface area contributed by atoms with Gasteiger partial charge in [0.05, 0.1) is 18.3 Å². The third-order valence-electron chi connectivity index (χ3n) is 3.67. The van der Waals surface area contributed by atoms with Gasteiger partial charge in [-0.25, -0.2) is 13.1 Å². The molecule has 120 valence electrons. The molecule has 0 saturated carbocycles. The zero-order valence-electron chi connectivity index (χ0n) is 13.0. The Morgan fingerprint density at radius 3 is 2.59 bits per heavy atom. The summed E-state index contributed by atoms with van der Waals surface area (Å²) in [6, 6.07) is 6.96. The van der Waals surface area contributed by atoms with E-state index in [0.29, 0.717) is 35.6 Å². The number of hydrogen-bond donors (Lipinski definition) is 1. The lowest BCUT2D eigenvalue weighted by Crippen LogP contribution is -2.26. The van der Waals surface area contributed by atoms with Crippen LogP contribution in [0.15, 0.2) is 39.8 Å². The van der Waals surface area contributed by atoms with Crippen LogP contribution in [-0.2, 0) is 16.4 Å². The average Bonchev–Trinajstić information content (AvgIpc) is 2.99. The third-order valence-corrected chi connectivity index (χ3v) is 5.27. The number of hydrogen-bond acceptors (Lipinski definition) is 4. The van der Waals surface area contributed by atoms with Crippen molar-refractivity contribution >= 4 is 10.0 Å². The first kappa shape index (κ1) is 16.6. The van der Waals surface area contributed by atoms with Gasteiger partial charge in [0.15, 0.2) is 0 Å². The summed E-state index contributed by atoms with van der Waals surface area (Å²) in [6.45, 7) is 4.01. The molecule has 0 atom stereocenters. The summed E-state index contributed by atoms with van der Waals surface area (Å²) in [5.74, 6) is 1.55. The van der Waals surface area contributed by atoms with Gasteiger partial charge in [0.1, 0.15) is 11.5 Å². The van der Waals surface area contributed by atoms with Gasteiger partial charge in [-0.2, -0.15) is 0 Å². The van der Waals surface area contributed by atoms with Crippen LogP contribution in [0, 0.1) is 13.8 Å². The zero-order valence-corrected chi connectivity index (χ0v) is 13.9. The highest BCUT2D eigenvalue weighted by molar-refractivity contribution is 7.89. The topological polar surface area (TPSA) is 68.5 Å². The van der Waals surface area contributed by atoms with Crippen LogP contribution in [0.5, 0.6) is 5.75 Å². The van der Waals surface area contributed by atoms with E-state index in [2.05, 4.69) is 4.72 Å². The van der Waals surface area contributed by atoms with Crippen LogP contribution in [-0.4, -0.2) is 22.1 Å². The molecule has 0 aliphatic heterocycles. The van der Waals surface area contributed by atoms with Gasteiger partial charge in [0.25, 0.3) is 0 Å². The third kappa shape index (κ3) is 3.69. The molecule has 0 fully saturated rings. The summed E-state index contributed by atoms with van der Waals surface area (Å²) in [7, 11) is -1.94. The second-order valence-electron chi connectivity index (χ2n) is 5.10. The number of rotatable bonds is 7. The Kier molecular flexibility index (Phi) is 5.26. The Morgan fingerprint density at radius 2 is 1.95 bits per heavy atom. The summed E-state index contributed by atoms with van der Waals surface area (Å²) >= 11 is 0. The van der Waals surface area contributed by atoms with E-state index in [1.165, 1.54) is 0 Å². The second kappa shape index (κ2) is 6.98. The summed E-state index contributed by atoms with van der Waals surface area (Å²) in [5.41, 5.74) is 1.54. The van der Waals surface area contributed by atoms with Crippen LogP contribution < -0.4 is 9.46 Å². The molecule has 22 heavy (non-hydrogen) atoms. The smallest absolute Gasteiger partial charge is 0.240 e. The molecule has 0 radical (unpaired) electrons. The van der Waals surface area contributed by atoms with Crippen molar-refractivity contribution in [2.75, 3.05) is 13.7 Å². The maximum absolute atomic E-state index is 12.4. The van der Waals surface area contributed by atoms with Gasteiger partial charge < -0.3 is 9.15 Å². The number of methoxy groups -OCH3 is 1. The van der Waals surface area contributed by atoms with Crippen molar-refractivity contribution in [1.29, 1.82) is 0 Å². The maximum atomic E-state index is 12.4. The summed E-state index contributed by atoms with van der Waals surface area (Å²) in [4.78, 5) is 0.295. The number of nitrogens with one attached hydrogen (secondary N) is 1. The Morgan fingerprint density at radius 1 is 1.18 bits per heavy atom. The molecule has 0 aliphatic carbocycles. The molecular formula is C16H21NO4S. The van der Waals surface area contributed by atoms with Crippen LogP contribution in [0.2, 0.25) is 0 Å². The Hall–Kier alpha value is -1.79. The Bertz CT molecular complexity index is 721. The van der Waals surface area contributed by atoms with Gasteiger partial charge >= 0.3 is 0 Å². The number of ether oxygens (including phenoxy) is 1. The molecule has 6 heteroatoms. The lowest BCUT2D eigenvalue weighted by atomic mass is 10.1. The van der Waals surface area contributed by atoms with Crippen molar-refractivity contribution in [3.8, 4) is 5.75 Å². The molecule has 2 aromatic rings. The lowest BCUT2D eigenvalue weighted by molar-refractivity contribution is 0.410. The first-order chi connectivity index (χ1) is 10.5. The van der Waals surface area contributed by atoms with E-state index in [1.807, 2.05) is 19.1 Å². The first-order valence-electron chi connectivity index (χ1n) is 7.12. The highest BCUT2D eigenvalue weighted by atomic mass is 32.2. The van der Waals surface area contributed by atoms with Crippen LogP contribution in [0.1, 0.15) is 23.3 Å². The molecular weight excluding hydrogens is 302 g/mol. The molecule has 1 aromatic carbocycles. The van der Waals surface area contributed by atoms with Crippen LogP contribution in [0.3, 0.4) is 0 Å². The van der Waals surface area contributed by atoms with E-state index in [0.717, 1.165) is 11.3 Å². The molecule has 0 saturated heterocycles. The standard InChI is InChI=1S/C16H21NO4S/c1-12-13(2)16(9-8-15(12)20-3)22(18,19)17-10-4-6-14-7-5-11-21-14/h5,7-9,11,17H,4,6,10H2,1-3H3. The fraction of sp³-hybridized carbons (Fsp3) is 0.375. The van der Waals surface area contributed by atoms with Crippen molar-refractivity contribution < 1.29 is 17.6 Å². The minimum atomic E-state index is -3.52. The van der Waals surface area contributed by atoms with Gasteiger partial charge in [-0.1, -0.05) is 0 Å². The second-order valence-corrected chi connectivity index (χ2v) is 6.83. The van der Waals surface area contributed by atoms with E-state index in [9.17, 15) is 8.42 Å². The number of aryl methyl sites for hydroxylation is 1. The monoisotopic (exact) mass is 323 g/mol. The minimum absolute atomic E-state index is 0.295. The molecule has 0 bridgehead atoms. The maximum Gasteiger partial charge on any atom is 0.240 e. The molecule has 1 heterocycles. The summed E-state index contributed by atoms with van der Waals surface area (Å²) < 4.78 is 37.8. The highest BCUT2D eigenvalue weighted by Crippen LogP contribution is 2.26. The van der Waals surface area contributed by atoms with Crippen molar-refractivity contribution in [2.24, 2.45) is 0 Å². The molecule has 2 rings (SSSR count). The van der Waals surface area contributed by atoms with E-state index in [4.69, 9.17) is 9.15 Å². The van der Waals surface area contributed by atoms with E-state index in [-0.39, 0.29) is 0 Å². The van der Waals surface area contributed by atoms with Crippen molar-refractivity contribution in [3.05, 3.63) is 47.4 Å². The van der Waals surface area contributed by atoms with Crippen LogP contribution in [0.4, 0.5) is 0 Å². The first-order valence-corrected chi connectivity index (χ1v) is 8.60. The fourth-order valence-corrected chi connectivity index (χ4v) is 3.66. The SMILES string of the molecule is COc1ccc(S(=O)(=O)NCCCc2ccco2)c(C)c1C. The Balaban J connectivity index is 2.02. The van der Waals surface area contributed by atoms with Crippen molar-refractivity contribution in [3.63, 3.8) is 0 Å². The normalized spacial score (nSPS) is 11.6. The highest BCUT2D eigenvalue weighted by Gasteiger charge is 2.18. The minimum Gasteiger partial charge on any atom is -0.496 e. The van der Waals surface area contributed by atoms with Crippen molar-refractivity contribution in [2.45, 2.75) is 31.6 Å². The number of benzene rings is 1. The average molecular weight is 323 g/mol. The largest absolute Gasteiger partial charge is 0.496 e. The van der Waals surface area contributed by atoms with E-state index >= 15 is 0 Å². The van der Waals surface area contributed by atoms with Crippen LogP contribution in [0.25, 0.3) is 0 Å². The lowest BCUT2D eigenvalue weighted by Gasteiger charge is -2.13. The number of sulfonamides is 1. The molecule has 1 N–H and O–H groups in total. The molecule has 0 amide bonds. The van der Waals surface area contributed by atoms with Crippen molar-refractivity contribution in [1.82, 2.24) is 4.72 Å². The van der Waals surface area contributed by atoms with E-state index < -0.39 is 10.0 Å². The van der Waals surface area contributed by atoms with Gasteiger partial charge in [0.2, 0.25) is 10.0 Å². The van der Waals surface area contributed by atoms with Gasteiger partial charge in [0, 0.05) is 13.0 Å². The van der Waals surface area contributed by atoms with Gasteiger partial charge in [-0.3, -0.25) is 0 Å². The number of furan rings is 1. The summed E-state index contributed by atoms with van der Waals surface area (Å²) in [6.07, 6.45) is 3.00. The summed E-state index contributed by atoms with van der Waals surface area (Å²) in [5, 5.41) is 0. The predicted octanol–water partition coefficient (Wildman–Crippen LogP) is 2.82.